The lowest BCUT2D eigenvalue weighted by molar-refractivity contribution is 0.309. The van der Waals surface area contributed by atoms with Gasteiger partial charge in [0.05, 0.1) is 7.11 Å². The molecule has 0 aromatic rings. The van der Waals surface area contributed by atoms with Gasteiger partial charge in [-0.05, 0) is 46.8 Å². The first-order valence-electron chi connectivity index (χ1n) is 8.00. The van der Waals surface area contributed by atoms with Gasteiger partial charge in [0.25, 0.3) is 0 Å². The van der Waals surface area contributed by atoms with Crippen LogP contribution in [0.25, 0.3) is 0 Å². The molecule has 1 heteroatoms. The fourth-order valence-electron chi connectivity index (χ4n) is 1.72. The number of hydrogen-bond acceptors (Lipinski definition) is 1. The minimum Gasteiger partial charge on any atom is -0.497 e. The first-order chi connectivity index (χ1) is 11.3. The molecule has 0 aliphatic rings. The van der Waals surface area contributed by atoms with Crippen molar-refractivity contribution in [2.24, 2.45) is 0 Å². The molecule has 0 spiro atoms. The quantitative estimate of drug-likeness (QED) is 0.301. The van der Waals surface area contributed by atoms with Gasteiger partial charge in [-0.25, -0.2) is 0 Å². The number of ether oxygens (including phenoxy) is 1. The predicted molar refractivity (Wildman–Crippen MR) is 109 cm³/mol. The third-order valence-corrected chi connectivity index (χ3v) is 3.62. The maximum Gasteiger partial charge on any atom is 0.111 e. The van der Waals surface area contributed by atoms with Crippen molar-refractivity contribution in [3.8, 4) is 0 Å². The molecule has 0 heterocycles. The molecular formula is C23H30O. The SMILES string of the molecule is C=C(/C=C\C(=C)C(=C)/C=C(/CC)C(=C)C(=C)/C=C\C(=C)OC)CC. The van der Waals surface area contributed by atoms with E-state index in [1.807, 2.05) is 24.3 Å². The van der Waals surface area contributed by atoms with Crippen molar-refractivity contribution in [3.05, 3.63) is 109 Å². The average molecular weight is 322 g/mol. The second kappa shape index (κ2) is 11.1. The summed E-state index contributed by atoms with van der Waals surface area (Å²) in [6.07, 6.45) is 11.3. The Bertz CT molecular complexity index is 633. The van der Waals surface area contributed by atoms with Crippen molar-refractivity contribution in [3.63, 3.8) is 0 Å². The molecule has 0 radical (unpaired) electrons. The molecule has 0 aromatic carbocycles. The zero-order valence-corrected chi connectivity index (χ0v) is 15.5. The Labute approximate surface area is 148 Å². The van der Waals surface area contributed by atoms with Crippen LogP contribution >= 0.6 is 0 Å². The van der Waals surface area contributed by atoms with Gasteiger partial charge < -0.3 is 4.74 Å². The van der Waals surface area contributed by atoms with Crippen LogP contribution in [0.1, 0.15) is 26.7 Å². The molecule has 24 heavy (non-hydrogen) atoms. The first-order valence-corrected chi connectivity index (χ1v) is 8.00. The van der Waals surface area contributed by atoms with Crippen molar-refractivity contribution in [1.29, 1.82) is 0 Å². The average Bonchev–Trinajstić information content (AvgIpc) is 2.60. The zero-order chi connectivity index (χ0) is 18.7. The van der Waals surface area contributed by atoms with Crippen molar-refractivity contribution >= 4 is 0 Å². The minimum absolute atomic E-state index is 0.574. The first kappa shape index (κ1) is 21.5. The van der Waals surface area contributed by atoms with E-state index < -0.39 is 0 Å². The van der Waals surface area contributed by atoms with Gasteiger partial charge in [-0.3, -0.25) is 0 Å². The minimum atomic E-state index is 0.574. The zero-order valence-electron chi connectivity index (χ0n) is 15.5. The highest BCUT2D eigenvalue weighted by Crippen LogP contribution is 2.24. The molecule has 0 unspecified atom stereocenters. The molecule has 0 amide bonds. The van der Waals surface area contributed by atoms with E-state index in [0.29, 0.717) is 5.76 Å². The molecule has 0 saturated carbocycles. The molecular weight excluding hydrogens is 292 g/mol. The van der Waals surface area contributed by atoms with Gasteiger partial charge in [0, 0.05) is 0 Å². The Balaban J connectivity index is 5.14. The van der Waals surface area contributed by atoms with Crippen LogP contribution in [0, 0.1) is 0 Å². The van der Waals surface area contributed by atoms with Crippen LogP contribution in [0.2, 0.25) is 0 Å². The molecule has 128 valence electrons. The van der Waals surface area contributed by atoms with Crippen LogP contribution in [0.4, 0.5) is 0 Å². The summed E-state index contributed by atoms with van der Waals surface area (Å²) in [4.78, 5) is 0. The predicted octanol–water partition coefficient (Wildman–Crippen LogP) is 6.79. The number of hydrogen-bond donors (Lipinski definition) is 0. The second-order valence-electron chi connectivity index (χ2n) is 5.43. The van der Waals surface area contributed by atoms with Crippen molar-refractivity contribution < 1.29 is 4.74 Å². The highest BCUT2D eigenvalue weighted by Gasteiger charge is 2.05. The summed E-state index contributed by atoms with van der Waals surface area (Å²) in [6.45, 7) is 28.2. The maximum absolute atomic E-state index is 5.01. The Morgan fingerprint density at radius 1 is 0.750 bits per heavy atom. The van der Waals surface area contributed by atoms with E-state index in [4.69, 9.17) is 4.74 Å². The van der Waals surface area contributed by atoms with Crippen LogP contribution in [0.5, 0.6) is 0 Å². The Morgan fingerprint density at radius 3 is 1.83 bits per heavy atom. The molecule has 0 rings (SSSR count). The highest BCUT2D eigenvalue weighted by atomic mass is 16.5. The summed E-state index contributed by atoms with van der Waals surface area (Å²) in [5.41, 5.74) is 5.53. The fourth-order valence-corrected chi connectivity index (χ4v) is 1.72. The van der Waals surface area contributed by atoms with E-state index in [2.05, 4.69) is 53.3 Å². The third-order valence-electron chi connectivity index (χ3n) is 3.62. The Hall–Kier alpha value is -2.54. The van der Waals surface area contributed by atoms with Crippen LogP contribution < -0.4 is 0 Å². The topological polar surface area (TPSA) is 9.23 Å². The van der Waals surface area contributed by atoms with Crippen molar-refractivity contribution in [1.82, 2.24) is 0 Å². The standard InChI is InChI=1S/C23H30O/c1-10-17(3)12-13-18(4)20(6)16-23(11-2)22(8)19(5)14-15-21(7)24-9/h12-16H,3-8,10-11H2,1-2,9H3/b13-12-,15-14-,23-16-. The van der Waals surface area contributed by atoms with Gasteiger partial charge in [0.1, 0.15) is 5.76 Å². The molecule has 0 atom stereocenters. The van der Waals surface area contributed by atoms with Gasteiger partial charge in [-0.1, -0.05) is 83.2 Å². The smallest absolute Gasteiger partial charge is 0.111 e. The number of allylic oxidation sites excluding steroid dienone is 11. The summed E-state index contributed by atoms with van der Waals surface area (Å²) >= 11 is 0. The lowest BCUT2D eigenvalue weighted by Crippen LogP contribution is -1.92. The lowest BCUT2D eigenvalue weighted by Gasteiger charge is -2.11. The van der Waals surface area contributed by atoms with Crippen molar-refractivity contribution in [2.45, 2.75) is 26.7 Å². The molecule has 0 aliphatic heterocycles. The monoisotopic (exact) mass is 322 g/mol. The Kier molecular flexibility index (Phi) is 9.90. The van der Waals surface area contributed by atoms with Gasteiger partial charge >= 0.3 is 0 Å². The molecule has 0 bridgehead atoms. The molecule has 0 N–H and O–H groups in total. The molecule has 0 aliphatic carbocycles. The Morgan fingerprint density at radius 2 is 1.33 bits per heavy atom. The summed E-state index contributed by atoms with van der Waals surface area (Å²) in [5.74, 6) is 0.574. The summed E-state index contributed by atoms with van der Waals surface area (Å²) in [6, 6.07) is 0. The molecule has 0 saturated heterocycles. The van der Waals surface area contributed by atoms with Gasteiger partial charge in [0.15, 0.2) is 0 Å². The summed E-state index contributed by atoms with van der Waals surface area (Å²) < 4.78 is 5.01. The van der Waals surface area contributed by atoms with Gasteiger partial charge in [0.2, 0.25) is 0 Å². The summed E-state index contributed by atoms with van der Waals surface area (Å²) in [5, 5.41) is 0. The number of rotatable bonds is 11. The van der Waals surface area contributed by atoms with Crippen LogP contribution in [0.15, 0.2) is 109 Å². The van der Waals surface area contributed by atoms with E-state index in [9.17, 15) is 0 Å². The van der Waals surface area contributed by atoms with E-state index in [1.165, 1.54) is 0 Å². The van der Waals surface area contributed by atoms with Crippen LogP contribution in [-0.4, -0.2) is 7.11 Å². The summed E-state index contributed by atoms with van der Waals surface area (Å²) in [7, 11) is 1.58. The molecule has 1 nitrogen and oxygen atoms in total. The van der Waals surface area contributed by atoms with E-state index in [1.54, 1.807) is 13.2 Å². The van der Waals surface area contributed by atoms with E-state index >= 15 is 0 Å². The van der Waals surface area contributed by atoms with Crippen LogP contribution in [-0.2, 0) is 4.74 Å². The second-order valence-corrected chi connectivity index (χ2v) is 5.43. The molecule has 0 fully saturated rings. The van der Waals surface area contributed by atoms with Gasteiger partial charge in [-0.15, -0.1) is 0 Å². The number of methoxy groups -OCH3 is 1. The maximum atomic E-state index is 5.01. The lowest BCUT2D eigenvalue weighted by atomic mass is 9.94. The van der Waals surface area contributed by atoms with Crippen LogP contribution in [0.3, 0.4) is 0 Å². The highest BCUT2D eigenvalue weighted by molar-refractivity contribution is 5.54. The van der Waals surface area contributed by atoms with Gasteiger partial charge in [-0.2, -0.15) is 0 Å². The molecule has 0 aromatic heterocycles. The van der Waals surface area contributed by atoms with E-state index in [-0.39, 0.29) is 0 Å². The normalized spacial score (nSPS) is 11.5. The van der Waals surface area contributed by atoms with E-state index in [0.717, 1.165) is 46.3 Å². The fraction of sp³-hybridized carbons (Fsp3) is 0.217. The van der Waals surface area contributed by atoms with Crippen molar-refractivity contribution in [2.75, 3.05) is 7.11 Å². The third kappa shape index (κ3) is 7.64. The largest absolute Gasteiger partial charge is 0.497 e.